The number of hydrogen-bond donors (Lipinski definition) is 1. The van der Waals surface area contributed by atoms with E-state index in [-0.39, 0.29) is 11.3 Å². The molecule has 0 bridgehead atoms. The molecule has 0 amide bonds. The molecule has 6 heteroatoms. The summed E-state index contributed by atoms with van der Waals surface area (Å²) in [6.07, 6.45) is 5.62. The Morgan fingerprint density at radius 3 is 2.69 bits per heavy atom. The van der Waals surface area contributed by atoms with Crippen LogP contribution in [0.2, 0.25) is 0 Å². The van der Waals surface area contributed by atoms with Gasteiger partial charge in [-0.3, -0.25) is 9.59 Å². The van der Waals surface area contributed by atoms with Crippen molar-refractivity contribution in [3.05, 3.63) is 76.4 Å². The van der Waals surface area contributed by atoms with Crippen LogP contribution in [0.25, 0.3) is 5.65 Å². The number of carbonyl (C=O) groups excluding carboxylic acids is 1. The van der Waals surface area contributed by atoms with Crippen LogP contribution in [-0.2, 0) is 13.0 Å². The second-order valence-electron chi connectivity index (χ2n) is 6.64. The van der Waals surface area contributed by atoms with Crippen molar-refractivity contribution >= 4 is 11.4 Å². The lowest BCUT2D eigenvalue weighted by molar-refractivity contribution is 0.104. The maximum Gasteiger partial charge on any atom is 0.285 e. The number of aryl methyl sites for hydroxylation is 2. The van der Waals surface area contributed by atoms with Gasteiger partial charge < -0.3 is 9.67 Å². The number of benzene rings is 1. The number of fused-ring (bicyclic) bond motifs is 1. The molecule has 0 spiro atoms. The summed E-state index contributed by atoms with van der Waals surface area (Å²) in [6, 6.07) is 8.95. The fraction of sp³-hybridized carbons (Fsp3) is 0.250. The Labute approximate surface area is 150 Å². The summed E-state index contributed by atoms with van der Waals surface area (Å²) >= 11 is 0. The van der Waals surface area contributed by atoms with Crippen LogP contribution in [0.4, 0.5) is 0 Å². The third-order valence-electron chi connectivity index (χ3n) is 4.74. The summed E-state index contributed by atoms with van der Waals surface area (Å²) in [6.45, 7) is 4.07. The van der Waals surface area contributed by atoms with Gasteiger partial charge in [-0.2, -0.15) is 9.61 Å². The molecule has 0 unspecified atom stereocenters. The van der Waals surface area contributed by atoms with Crippen molar-refractivity contribution in [1.29, 1.82) is 0 Å². The average molecular weight is 349 g/mol. The van der Waals surface area contributed by atoms with Gasteiger partial charge in [-0.1, -0.05) is 18.7 Å². The smallest absolute Gasteiger partial charge is 0.285 e. The monoisotopic (exact) mass is 349 g/mol. The summed E-state index contributed by atoms with van der Waals surface area (Å²) in [5, 5.41) is 13.8. The van der Waals surface area contributed by atoms with Crippen LogP contribution in [0.3, 0.4) is 0 Å². The predicted molar refractivity (Wildman–Crippen MR) is 97.8 cm³/mol. The number of phenols is 1. The molecule has 0 atom stereocenters. The van der Waals surface area contributed by atoms with Gasteiger partial charge in [0.25, 0.3) is 5.56 Å². The minimum atomic E-state index is -0.405. The summed E-state index contributed by atoms with van der Waals surface area (Å²) in [4.78, 5) is 24.7. The molecule has 1 aromatic carbocycles. The molecule has 26 heavy (non-hydrogen) atoms. The van der Waals surface area contributed by atoms with Gasteiger partial charge in [-0.15, -0.1) is 0 Å². The van der Waals surface area contributed by atoms with E-state index in [9.17, 15) is 14.7 Å². The molecular weight excluding hydrogens is 330 g/mol. The minimum absolute atomic E-state index is 0.0728. The second kappa shape index (κ2) is 6.29. The second-order valence-corrected chi connectivity index (χ2v) is 6.64. The molecule has 6 nitrogen and oxygen atoms in total. The molecule has 0 saturated heterocycles. The van der Waals surface area contributed by atoms with E-state index in [1.54, 1.807) is 18.3 Å². The maximum absolute atomic E-state index is 12.6. The van der Waals surface area contributed by atoms with Crippen molar-refractivity contribution in [3.8, 4) is 5.75 Å². The van der Waals surface area contributed by atoms with Crippen molar-refractivity contribution in [2.24, 2.45) is 0 Å². The summed E-state index contributed by atoms with van der Waals surface area (Å²) in [5.74, 6) is 0.236. The van der Waals surface area contributed by atoms with Crippen LogP contribution in [0.5, 0.6) is 5.75 Å². The predicted octanol–water partition coefficient (Wildman–Crippen LogP) is 2.69. The van der Waals surface area contributed by atoms with E-state index >= 15 is 0 Å². The molecule has 1 N–H and O–H groups in total. The van der Waals surface area contributed by atoms with E-state index in [2.05, 4.69) is 11.7 Å². The highest BCUT2D eigenvalue weighted by Crippen LogP contribution is 2.39. The van der Waals surface area contributed by atoms with E-state index in [1.807, 2.05) is 22.8 Å². The van der Waals surface area contributed by atoms with E-state index in [1.165, 1.54) is 4.52 Å². The lowest BCUT2D eigenvalue weighted by atomic mass is 10.1. The Hall–Kier alpha value is -3.15. The Balaban J connectivity index is 1.76. The van der Waals surface area contributed by atoms with Crippen LogP contribution < -0.4 is 5.56 Å². The summed E-state index contributed by atoms with van der Waals surface area (Å²) < 4.78 is 3.23. The number of aromatic hydroxyl groups is 1. The fourth-order valence-electron chi connectivity index (χ4n) is 3.08. The highest BCUT2D eigenvalue weighted by Gasteiger charge is 2.27. The van der Waals surface area contributed by atoms with Crippen molar-refractivity contribution in [2.45, 2.75) is 31.7 Å². The van der Waals surface area contributed by atoms with Gasteiger partial charge in [0.05, 0.1) is 5.69 Å². The van der Waals surface area contributed by atoms with E-state index in [0.717, 1.165) is 30.2 Å². The van der Waals surface area contributed by atoms with Crippen molar-refractivity contribution in [2.75, 3.05) is 0 Å². The first kappa shape index (κ1) is 16.3. The molecule has 2 aromatic heterocycles. The maximum atomic E-state index is 12.6. The minimum Gasteiger partial charge on any atom is -0.508 e. The third-order valence-corrected chi connectivity index (χ3v) is 4.74. The molecule has 3 aromatic rings. The SMILES string of the molecule is C=CC(=O)c1cn(CCc2ccc(O)cc2)c2cc(C3CC3)nn2c1=O. The van der Waals surface area contributed by atoms with Gasteiger partial charge in [0.1, 0.15) is 17.0 Å². The molecule has 1 saturated carbocycles. The molecule has 132 valence electrons. The van der Waals surface area contributed by atoms with E-state index in [0.29, 0.717) is 24.5 Å². The van der Waals surface area contributed by atoms with Gasteiger partial charge >= 0.3 is 0 Å². The molecule has 1 fully saturated rings. The van der Waals surface area contributed by atoms with Crippen molar-refractivity contribution in [3.63, 3.8) is 0 Å². The zero-order chi connectivity index (χ0) is 18.3. The molecule has 1 aliphatic rings. The largest absolute Gasteiger partial charge is 0.508 e. The number of allylic oxidation sites excluding steroid dienone is 1. The summed E-state index contributed by atoms with van der Waals surface area (Å²) in [7, 11) is 0. The number of nitrogens with zero attached hydrogens (tertiary/aromatic N) is 3. The van der Waals surface area contributed by atoms with E-state index in [4.69, 9.17) is 0 Å². The average Bonchev–Trinajstić information content (AvgIpc) is 3.40. The fourth-order valence-corrected chi connectivity index (χ4v) is 3.08. The van der Waals surface area contributed by atoms with Gasteiger partial charge in [0, 0.05) is 24.7 Å². The highest BCUT2D eigenvalue weighted by molar-refractivity contribution is 6.03. The molecule has 4 rings (SSSR count). The standard InChI is InChI=1S/C20H19N3O3/c1-2-18(25)16-12-22(10-9-13-3-7-15(24)8-4-13)19-11-17(14-5-6-14)21-23(19)20(16)26/h2-4,7-8,11-12,14,24H,1,5-6,9-10H2. The lowest BCUT2D eigenvalue weighted by Gasteiger charge is -2.10. The van der Waals surface area contributed by atoms with E-state index < -0.39 is 11.3 Å². The zero-order valence-corrected chi connectivity index (χ0v) is 14.3. The number of ketones is 1. The molecular formula is C20H19N3O3. The quantitative estimate of drug-likeness (QED) is 0.548. The highest BCUT2D eigenvalue weighted by atomic mass is 16.3. The Morgan fingerprint density at radius 2 is 2.04 bits per heavy atom. The van der Waals surface area contributed by atoms with Crippen LogP contribution >= 0.6 is 0 Å². The Bertz CT molecular complexity index is 1060. The Morgan fingerprint density at radius 1 is 1.31 bits per heavy atom. The van der Waals surface area contributed by atoms with Crippen molar-refractivity contribution < 1.29 is 9.90 Å². The molecule has 1 aliphatic carbocycles. The van der Waals surface area contributed by atoms with Crippen LogP contribution in [0.15, 0.2) is 54.0 Å². The number of phenolic OH excluding ortho intramolecular Hbond substituents is 1. The van der Waals surface area contributed by atoms with Gasteiger partial charge in [-0.25, -0.2) is 0 Å². The number of aromatic nitrogens is 3. The van der Waals surface area contributed by atoms with Crippen LogP contribution in [-0.4, -0.2) is 25.1 Å². The van der Waals surface area contributed by atoms with Gasteiger partial charge in [0.2, 0.25) is 0 Å². The first-order valence-corrected chi connectivity index (χ1v) is 8.64. The molecule has 0 aliphatic heterocycles. The molecule has 2 heterocycles. The van der Waals surface area contributed by atoms with Gasteiger partial charge in [0.15, 0.2) is 5.78 Å². The number of hydrogen-bond acceptors (Lipinski definition) is 4. The van der Waals surface area contributed by atoms with Crippen LogP contribution in [0.1, 0.15) is 40.4 Å². The number of carbonyl (C=O) groups is 1. The van der Waals surface area contributed by atoms with Gasteiger partial charge in [-0.05, 0) is 43.0 Å². The van der Waals surface area contributed by atoms with Crippen molar-refractivity contribution in [1.82, 2.24) is 14.2 Å². The normalized spacial score (nSPS) is 13.8. The first-order chi connectivity index (χ1) is 12.6. The number of rotatable bonds is 6. The summed E-state index contributed by atoms with van der Waals surface area (Å²) in [5.41, 5.74) is 2.32. The first-order valence-electron chi connectivity index (χ1n) is 8.64. The molecule has 0 radical (unpaired) electrons. The lowest BCUT2D eigenvalue weighted by Crippen LogP contribution is -2.25. The van der Waals surface area contributed by atoms with Crippen LogP contribution in [0, 0.1) is 0 Å². The third kappa shape index (κ3) is 2.94. The topological polar surface area (TPSA) is 76.6 Å². The zero-order valence-electron chi connectivity index (χ0n) is 14.3. The Kier molecular flexibility index (Phi) is 3.95.